The van der Waals surface area contributed by atoms with Crippen LogP contribution in [0.1, 0.15) is 44.1 Å². The highest BCUT2D eigenvalue weighted by atomic mass is 16.5. The van der Waals surface area contributed by atoms with Gasteiger partial charge in [-0.25, -0.2) is 4.79 Å². The van der Waals surface area contributed by atoms with Gasteiger partial charge in [-0.05, 0) is 50.7 Å². The number of likely N-dealkylation sites (tertiary alicyclic amines) is 1. The van der Waals surface area contributed by atoms with Gasteiger partial charge in [0.2, 0.25) is 0 Å². The third-order valence-electron chi connectivity index (χ3n) is 5.43. The Hall–Kier alpha value is -2.44. The Morgan fingerprint density at radius 3 is 2.52 bits per heavy atom. The van der Waals surface area contributed by atoms with Crippen molar-refractivity contribution >= 4 is 12.0 Å². The number of carbonyl (C=O) groups is 2. The maximum atomic E-state index is 12.4. The predicted molar refractivity (Wildman–Crippen MR) is 100 cm³/mol. The zero-order valence-corrected chi connectivity index (χ0v) is 15.8. The molecule has 0 aromatic heterocycles. The first kappa shape index (κ1) is 19.3. The largest absolute Gasteiger partial charge is 0.497 e. The number of benzene rings is 1. The van der Waals surface area contributed by atoms with E-state index < -0.39 is 5.97 Å². The first-order valence-electron chi connectivity index (χ1n) is 9.66. The third-order valence-corrected chi connectivity index (χ3v) is 5.43. The second kappa shape index (κ2) is 8.97. The molecule has 0 bridgehead atoms. The molecule has 148 valence electrons. The number of hydrogen-bond acceptors (Lipinski definition) is 4. The summed E-state index contributed by atoms with van der Waals surface area (Å²) in [5, 5.41) is 12.0. The van der Waals surface area contributed by atoms with Gasteiger partial charge in [0, 0.05) is 31.3 Å². The zero-order chi connectivity index (χ0) is 19.2. The number of piperidine rings is 1. The van der Waals surface area contributed by atoms with Crippen molar-refractivity contribution < 1.29 is 24.2 Å². The molecule has 1 aromatic carbocycles. The SMILES string of the molecule is COc1ccc(CNC(=O)N2CCC(C(=O)O)CC2)c(OC2CCCC2)c1. The average molecular weight is 376 g/mol. The third kappa shape index (κ3) is 5.05. The van der Waals surface area contributed by atoms with Crippen molar-refractivity contribution in [3.05, 3.63) is 23.8 Å². The number of methoxy groups -OCH3 is 1. The van der Waals surface area contributed by atoms with E-state index in [0.29, 0.717) is 32.5 Å². The van der Waals surface area contributed by atoms with Crippen molar-refractivity contribution in [3.63, 3.8) is 0 Å². The van der Waals surface area contributed by atoms with Crippen LogP contribution in [0.5, 0.6) is 11.5 Å². The molecule has 0 spiro atoms. The van der Waals surface area contributed by atoms with Gasteiger partial charge in [0.25, 0.3) is 0 Å². The van der Waals surface area contributed by atoms with Crippen molar-refractivity contribution in [2.45, 2.75) is 51.2 Å². The number of carboxylic acids is 1. The second-order valence-corrected chi connectivity index (χ2v) is 7.26. The Morgan fingerprint density at radius 1 is 1.19 bits per heavy atom. The monoisotopic (exact) mass is 376 g/mol. The minimum Gasteiger partial charge on any atom is -0.497 e. The highest BCUT2D eigenvalue weighted by Gasteiger charge is 2.27. The van der Waals surface area contributed by atoms with Gasteiger partial charge in [0.1, 0.15) is 11.5 Å². The number of urea groups is 1. The lowest BCUT2D eigenvalue weighted by Crippen LogP contribution is -2.45. The number of amides is 2. The summed E-state index contributed by atoms with van der Waals surface area (Å²) in [7, 11) is 1.62. The van der Waals surface area contributed by atoms with E-state index in [1.54, 1.807) is 12.0 Å². The number of hydrogen-bond donors (Lipinski definition) is 2. The van der Waals surface area contributed by atoms with Crippen LogP contribution in [0.25, 0.3) is 0 Å². The van der Waals surface area contributed by atoms with Gasteiger partial charge in [-0.15, -0.1) is 0 Å². The maximum absolute atomic E-state index is 12.4. The van der Waals surface area contributed by atoms with Crippen LogP contribution in [0.4, 0.5) is 4.79 Å². The molecule has 1 saturated carbocycles. The molecule has 0 atom stereocenters. The van der Waals surface area contributed by atoms with Gasteiger partial charge in [-0.1, -0.05) is 0 Å². The minimum absolute atomic E-state index is 0.165. The summed E-state index contributed by atoms with van der Waals surface area (Å²) in [6.45, 7) is 1.30. The summed E-state index contributed by atoms with van der Waals surface area (Å²) in [6.07, 6.45) is 5.72. The van der Waals surface area contributed by atoms with E-state index >= 15 is 0 Å². The van der Waals surface area contributed by atoms with Crippen LogP contribution in [-0.2, 0) is 11.3 Å². The number of carboxylic acid groups (broad SMARTS) is 1. The van der Waals surface area contributed by atoms with Crippen LogP contribution in [0, 0.1) is 5.92 Å². The van der Waals surface area contributed by atoms with E-state index in [-0.39, 0.29) is 18.1 Å². The summed E-state index contributed by atoms with van der Waals surface area (Å²) in [4.78, 5) is 25.1. The van der Waals surface area contributed by atoms with E-state index in [1.165, 1.54) is 12.8 Å². The van der Waals surface area contributed by atoms with E-state index in [1.807, 2.05) is 18.2 Å². The van der Waals surface area contributed by atoms with Crippen molar-refractivity contribution in [3.8, 4) is 11.5 Å². The van der Waals surface area contributed by atoms with Gasteiger partial charge >= 0.3 is 12.0 Å². The molecule has 0 radical (unpaired) electrons. The number of nitrogens with one attached hydrogen (secondary N) is 1. The molecule has 2 N–H and O–H groups in total. The van der Waals surface area contributed by atoms with E-state index in [0.717, 1.165) is 29.9 Å². The highest BCUT2D eigenvalue weighted by Crippen LogP contribution is 2.30. The Morgan fingerprint density at radius 2 is 1.89 bits per heavy atom. The Kier molecular flexibility index (Phi) is 6.42. The van der Waals surface area contributed by atoms with E-state index in [9.17, 15) is 9.59 Å². The summed E-state index contributed by atoms with van der Waals surface area (Å²) >= 11 is 0. The summed E-state index contributed by atoms with van der Waals surface area (Å²) in [5.41, 5.74) is 0.913. The molecular formula is C20H28N2O5. The Bertz CT molecular complexity index is 664. The topological polar surface area (TPSA) is 88.1 Å². The molecule has 7 nitrogen and oxygen atoms in total. The molecule has 2 amide bonds. The molecule has 27 heavy (non-hydrogen) atoms. The van der Waals surface area contributed by atoms with E-state index in [2.05, 4.69) is 5.32 Å². The molecule has 3 rings (SSSR count). The molecule has 0 unspecified atom stereocenters. The molecule has 7 heteroatoms. The smallest absolute Gasteiger partial charge is 0.317 e. The fourth-order valence-electron chi connectivity index (χ4n) is 3.72. The first-order valence-corrected chi connectivity index (χ1v) is 9.66. The maximum Gasteiger partial charge on any atom is 0.317 e. The van der Waals surface area contributed by atoms with Gasteiger partial charge in [-0.3, -0.25) is 4.79 Å². The summed E-state index contributed by atoms with van der Waals surface area (Å²) in [5.74, 6) is 0.365. The van der Waals surface area contributed by atoms with E-state index in [4.69, 9.17) is 14.6 Å². The predicted octanol–water partition coefficient (Wildman–Crippen LogP) is 3.02. The van der Waals surface area contributed by atoms with Crippen LogP contribution < -0.4 is 14.8 Å². The molecule has 1 saturated heterocycles. The lowest BCUT2D eigenvalue weighted by Gasteiger charge is -2.30. The van der Waals surface area contributed by atoms with Crippen LogP contribution in [0.3, 0.4) is 0 Å². The molecule has 1 aromatic rings. The lowest BCUT2D eigenvalue weighted by molar-refractivity contribution is -0.143. The van der Waals surface area contributed by atoms with Gasteiger partial charge in [0.05, 0.1) is 19.1 Å². The summed E-state index contributed by atoms with van der Waals surface area (Å²) in [6, 6.07) is 5.49. The zero-order valence-electron chi connectivity index (χ0n) is 15.8. The number of ether oxygens (including phenoxy) is 2. The first-order chi connectivity index (χ1) is 13.1. The van der Waals surface area contributed by atoms with Gasteiger partial charge < -0.3 is 24.8 Å². The Labute approximate surface area is 159 Å². The number of aliphatic carboxylic acids is 1. The minimum atomic E-state index is -0.776. The van der Waals surface area contributed by atoms with Crippen LogP contribution in [0.15, 0.2) is 18.2 Å². The molecule has 2 aliphatic rings. The molecular weight excluding hydrogens is 348 g/mol. The van der Waals surface area contributed by atoms with Crippen molar-refractivity contribution in [1.82, 2.24) is 10.2 Å². The van der Waals surface area contributed by atoms with Crippen molar-refractivity contribution in [1.29, 1.82) is 0 Å². The fraction of sp³-hybridized carbons (Fsp3) is 0.600. The molecule has 1 heterocycles. The second-order valence-electron chi connectivity index (χ2n) is 7.26. The van der Waals surface area contributed by atoms with Gasteiger partial charge in [0.15, 0.2) is 0 Å². The van der Waals surface area contributed by atoms with Crippen molar-refractivity contribution in [2.75, 3.05) is 20.2 Å². The average Bonchev–Trinajstić information content (AvgIpc) is 3.19. The molecule has 1 aliphatic carbocycles. The fourth-order valence-corrected chi connectivity index (χ4v) is 3.72. The van der Waals surface area contributed by atoms with Crippen LogP contribution >= 0.6 is 0 Å². The molecule has 2 fully saturated rings. The van der Waals surface area contributed by atoms with Crippen molar-refractivity contribution in [2.24, 2.45) is 5.92 Å². The number of carbonyl (C=O) groups excluding carboxylic acids is 1. The van der Waals surface area contributed by atoms with Crippen LogP contribution in [0.2, 0.25) is 0 Å². The quantitative estimate of drug-likeness (QED) is 0.797. The van der Waals surface area contributed by atoms with Crippen LogP contribution in [-0.4, -0.2) is 48.3 Å². The number of rotatable bonds is 6. The lowest BCUT2D eigenvalue weighted by atomic mass is 9.97. The molecule has 1 aliphatic heterocycles. The summed E-state index contributed by atoms with van der Waals surface area (Å²) < 4.78 is 11.5. The highest BCUT2D eigenvalue weighted by molar-refractivity contribution is 5.75. The Balaban J connectivity index is 1.58. The van der Waals surface area contributed by atoms with Gasteiger partial charge in [-0.2, -0.15) is 0 Å². The standard InChI is InChI=1S/C20H28N2O5/c1-26-17-7-6-15(18(12-17)27-16-4-2-3-5-16)13-21-20(25)22-10-8-14(9-11-22)19(23)24/h6-7,12,14,16H,2-5,8-11,13H2,1H3,(H,21,25)(H,23,24). The normalized spacial score (nSPS) is 18.3. The number of nitrogens with zero attached hydrogens (tertiary/aromatic N) is 1.